The van der Waals surface area contributed by atoms with Gasteiger partial charge in [-0.05, 0) is 31.2 Å². The molecule has 118 valence electrons. The molecular weight excluding hydrogens is 302 g/mol. The Labute approximate surface area is 131 Å². The summed E-state index contributed by atoms with van der Waals surface area (Å²) in [5, 5.41) is 3.73. The number of hydrogen-bond donors (Lipinski definition) is 0. The Morgan fingerprint density at radius 3 is 2.39 bits per heavy atom. The number of benzene rings is 1. The van der Waals surface area contributed by atoms with Gasteiger partial charge in [-0.1, -0.05) is 5.16 Å². The number of hydrogen-bond acceptors (Lipinski definition) is 6. The van der Waals surface area contributed by atoms with E-state index in [0.717, 1.165) is 9.80 Å². The number of nitrogens with zero attached hydrogens (tertiary/aromatic N) is 3. The number of carbonyl (C=O) groups is 3. The summed E-state index contributed by atoms with van der Waals surface area (Å²) in [7, 11) is 1.51. The van der Waals surface area contributed by atoms with Crippen LogP contribution in [0, 0.1) is 6.92 Å². The van der Waals surface area contributed by atoms with E-state index in [0.29, 0.717) is 22.9 Å². The first kappa shape index (κ1) is 14.8. The van der Waals surface area contributed by atoms with Gasteiger partial charge in [-0.25, -0.2) is 14.6 Å². The number of rotatable bonds is 4. The second-order valence-corrected chi connectivity index (χ2v) is 4.94. The molecular formula is C15H13N3O5. The molecule has 0 bridgehead atoms. The van der Waals surface area contributed by atoms with Gasteiger partial charge in [-0.3, -0.25) is 9.59 Å². The van der Waals surface area contributed by atoms with Crippen LogP contribution in [-0.2, 0) is 16.1 Å². The van der Waals surface area contributed by atoms with Crippen LogP contribution in [0.2, 0.25) is 0 Å². The van der Waals surface area contributed by atoms with E-state index in [1.54, 1.807) is 25.1 Å². The molecule has 1 aromatic heterocycles. The minimum absolute atomic E-state index is 0.118. The predicted molar refractivity (Wildman–Crippen MR) is 77.7 cm³/mol. The molecule has 0 aliphatic carbocycles. The number of amides is 4. The largest absolute Gasteiger partial charge is 0.497 e. The number of carbonyl (C=O) groups excluding carboxylic acids is 3. The molecule has 0 saturated carbocycles. The first-order valence-electron chi connectivity index (χ1n) is 6.77. The second kappa shape index (κ2) is 5.56. The third kappa shape index (κ3) is 2.54. The lowest BCUT2D eigenvalue weighted by Gasteiger charge is -2.14. The summed E-state index contributed by atoms with van der Waals surface area (Å²) >= 11 is 0. The SMILES string of the molecule is COc1ccc(N2C(=O)C(=O)N(Cc3cc(C)on3)C2=O)cc1. The number of methoxy groups -OCH3 is 1. The van der Waals surface area contributed by atoms with Gasteiger partial charge >= 0.3 is 17.8 Å². The van der Waals surface area contributed by atoms with Crippen LogP contribution in [0.25, 0.3) is 0 Å². The molecule has 8 heteroatoms. The smallest absolute Gasteiger partial charge is 0.339 e. The maximum atomic E-state index is 12.4. The minimum Gasteiger partial charge on any atom is -0.497 e. The summed E-state index contributed by atoms with van der Waals surface area (Å²) in [5.74, 6) is -0.668. The summed E-state index contributed by atoms with van der Waals surface area (Å²) in [4.78, 5) is 38.3. The monoisotopic (exact) mass is 315 g/mol. The fourth-order valence-corrected chi connectivity index (χ4v) is 2.26. The van der Waals surface area contributed by atoms with Gasteiger partial charge in [0, 0.05) is 6.07 Å². The lowest BCUT2D eigenvalue weighted by molar-refractivity contribution is -0.139. The number of aryl methyl sites for hydroxylation is 1. The van der Waals surface area contributed by atoms with E-state index in [4.69, 9.17) is 9.26 Å². The lowest BCUT2D eigenvalue weighted by atomic mass is 10.3. The van der Waals surface area contributed by atoms with Gasteiger partial charge in [0.25, 0.3) is 0 Å². The van der Waals surface area contributed by atoms with Crippen molar-refractivity contribution >= 4 is 23.5 Å². The van der Waals surface area contributed by atoms with E-state index >= 15 is 0 Å². The van der Waals surface area contributed by atoms with Gasteiger partial charge in [0.15, 0.2) is 0 Å². The van der Waals surface area contributed by atoms with Crippen LogP contribution in [0.5, 0.6) is 5.75 Å². The summed E-state index contributed by atoms with van der Waals surface area (Å²) in [6.45, 7) is 1.58. The fourth-order valence-electron chi connectivity index (χ4n) is 2.26. The number of anilines is 1. The normalized spacial score (nSPS) is 14.8. The number of imide groups is 2. The zero-order valence-electron chi connectivity index (χ0n) is 12.5. The zero-order chi connectivity index (χ0) is 16.6. The van der Waals surface area contributed by atoms with E-state index in [2.05, 4.69) is 5.16 Å². The van der Waals surface area contributed by atoms with Crippen LogP contribution in [0.4, 0.5) is 10.5 Å². The Kier molecular flexibility index (Phi) is 3.57. The molecule has 1 fully saturated rings. The van der Waals surface area contributed by atoms with E-state index in [9.17, 15) is 14.4 Å². The molecule has 1 aromatic carbocycles. The molecule has 8 nitrogen and oxygen atoms in total. The Balaban J connectivity index is 1.86. The van der Waals surface area contributed by atoms with E-state index in [1.807, 2.05) is 0 Å². The summed E-state index contributed by atoms with van der Waals surface area (Å²) in [5.41, 5.74) is 0.696. The molecule has 0 unspecified atom stereocenters. The van der Waals surface area contributed by atoms with E-state index in [-0.39, 0.29) is 6.54 Å². The highest BCUT2D eigenvalue weighted by Gasteiger charge is 2.45. The maximum Gasteiger partial charge on any atom is 0.339 e. The average molecular weight is 315 g/mol. The molecule has 3 rings (SSSR count). The van der Waals surface area contributed by atoms with Crippen molar-refractivity contribution in [1.29, 1.82) is 0 Å². The fraction of sp³-hybridized carbons (Fsp3) is 0.200. The third-order valence-corrected chi connectivity index (χ3v) is 3.38. The molecule has 0 N–H and O–H groups in total. The second-order valence-electron chi connectivity index (χ2n) is 4.94. The van der Waals surface area contributed by atoms with Gasteiger partial charge in [-0.15, -0.1) is 0 Å². The first-order chi connectivity index (χ1) is 11.0. The third-order valence-electron chi connectivity index (χ3n) is 3.38. The molecule has 2 aromatic rings. The van der Waals surface area contributed by atoms with Crippen LogP contribution in [-0.4, -0.2) is 35.0 Å². The molecule has 1 saturated heterocycles. The van der Waals surface area contributed by atoms with Gasteiger partial charge in [0.2, 0.25) is 0 Å². The molecule has 1 aliphatic rings. The predicted octanol–water partition coefficient (Wildman–Crippen LogP) is 1.49. The van der Waals surface area contributed by atoms with Crippen LogP contribution < -0.4 is 9.64 Å². The minimum atomic E-state index is -0.902. The highest BCUT2D eigenvalue weighted by Crippen LogP contribution is 2.25. The molecule has 4 amide bonds. The van der Waals surface area contributed by atoms with Crippen LogP contribution in [0.15, 0.2) is 34.9 Å². The molecule has 0 radical (unpaired) electrons. The van der Waals surface area contributed by atoms with Crippen LogP contribution >= 0.6 is 0 Å². The summed E-state index contributed by atoms with van der Waals surface area (Å²) in [6, 6.07) is 7.15. The van der Waals surface area contributed by atoms with Crippen molar-refractivity contribution in [2.24, 2.45) is 0 Å². The molecule has 0 atom stereocenters. The van der Waals surface area contributed by atoms with Gasteiger partial charge in [-0.2, -0.15) is 0 Å². The summed E-state index contributed by atoms with van der Waals surface area (Å²) in [6.07, 6.45) is 0. The van der Waals surface area contributed by atoms with Crippen molar-refractivity contribution < 1.29 is 23.6 Å². The Bertz CT molecular complexity index is 781. The van der Waals surface area contributed by atoms with E-state index in [1.165, 1.54) is 19.2 Å². The molecule has 2 heterocycles. The van der Waals surface area contributed by atoms with Crippen molar-refractivity contribution in [3.63, 3.8) is 0 Å². The molecule has 23 heavy (non-hydrogen) atoms. The topological polar surface area (TPSA) is 92.9 Å². The van der Waals surface area contributed by atoms with Crippen LogP contribution in [0.3, 0.4) is 0 Å². The van der Waals surface area contributed by atoms with Gasteiger partial charge < -0.3 is 9.26 Å². The first-order valence-corrected chi connectivity index (χ1v) is 6.77. The molecule has 1 aliphatic heterocycles. The molecule has 0 spiro atoms. The maximum absolute atomic E-state index is 12.4. The highest BCUT2D eigenvalue weighted by molar-refractivity contribution is 6.52. The van der Waals surface area contributed by atoms with Crippen molar-refractivity contribution in [1.82, 2.24) is 10.1 Å². The number of ether oxygens (including phenoxy) is 1. The van der Waals surface area contributed by atoms with E-state index < -0.39 is 17.8 Å². The standard InChI is InChI=1S/C15H13N3O5/c1-9-7-10(16-23-9)8-17-13(19)14(20)18(15(17)21)11-3-5-12(22-2)6-4-11/h3-7H,8H2,1-2H3. The van der Waals surface area contributed by atoms with Crippen molar-refractivity contribution in [2.75, 3.05) is 12.0 Å². The van der Waals surface area contributed by atoms with Crippen molar-refractivity contribution in [2.45, 2.75) is 13.5 Å². The average Bonchev–Trinajstić information content (AvgIpc) is 3.05. The quantitative estimate of drug-likeness (QED) is 0.627. The van der Waals surface area contributed by atoms with Crippen molar-refractivity contribution in [3.8, 4) is 5.75 Å². The Morgan fingerprint density at radius 1 is 1.13 bits per heavy atom. The number of aromatic nitrogens is 1. The zero-order valence-corrected chi connectivity index (χ0v) is 12.5. The van der Waals surface area contributed by atoms with Crippen LogP contribution in [0.1, 0.15) is 11.5 Å². The highest BCUT2D eigenvalue weighted by atomic mass is 16.5. The summed E-state index contributed by atoms with van der Waals surface area (Å²) < 4.78 is 9.92. The Morgan fingerprint density at radius 2 is 1.83 bits per heavy atom. The number of urea groups is 1. The van der Waals surface area contributed by atoms with Gasteiger partial charge in [0.05, 0.1) is 19.3 Å². The van der Waals surface area contributed by atoms with Crippen molar-refractivity contribution in [3.05, 3.63) is 41.8 Å². The lowest BCUT2D eigenvalue weighted by Crippen LogP contribution is -2.33. The Hall–Kier alpha value is -3.16. The van der Waals surface area contributed by atoms with Gasteiger partial charge in [0.1, 0.15) is 17.2 Å².